The van der Waals surface area contributed by atoms with Crippen molar-refractivity contribution in [3.05, 3.63) is 65.8 Å². The van der Waals surface area contributed by atoms with E-state index in [9.17, 15) is 0 Å². The Morgan fingerprint density at radius 3 is 2.39 bits per heavy atom. The van der Waals surface area contributed by atoms with Crippen molar-refractivity contribution in [1.82, 2.24) is 0 Å². The molecule has 0 N–H and O–H groups in total. The molecule has 1 aromatic carbocycles. The van der Waals surface area contributed by atoms with Gasteiger partial charge in [0.15, 0.2) is 6.29 Å². The third kappa shape index (κ3) is 5.31. The van der Waals surface area contributed by atoms with Crippen LogP contribution in [0.3, 0.4) is 0 Å². The molecule has 0 bridgehead atoms. The standard InChI is InChI=1S/C20H25NO2/c1-5-17(12-13-21-4)6-7-18-8-10-19(11-9-18)20-22-15(2)14-16(3)23-20/h5-13,15-16,20H,1,14H2,2-4H3/b7-6+,17-12+,21-13?. The van der Waals surface area contributed by atoms with Gasteiger partial charge in [-0.25, -0.2) is 0 Å². The van der Waals surface area contributed by atoms with Crippen molar-refractivity contribution in [3.63, 3.8) is 0 Å². The molecule has 2 atom stereocenters. The Balaban J connectivity index is 2.06. The highest BCUT2D eigenvalue weighted by molar-refractivity contribution is 5.74. The van der Waals surface area contributed by atoms with Gasteiger partial charge in [-0.1, -0.05) is 49.1 Å². The molecule has 0 saturated carbocycles. The van der Waals surface area contributed by atoms with Crippen molar-refractivity contribution in [3.8, 4) is 0 Å². The van der Waals surface area contributed by atoms with Crippen LogP contribution in [0.2, 0.25) is 0 Å². The van der Waals surface area contributed by atoms with Crippen LogP contribution in [0.1, 0.15) is 37.7 Å². The van der Waals surface area contributed by atoms with Gasteiger partial charge in [-0.05, 0) is 37.5 Å². The third-order valence-corrected chi connectivity index (χ3v) is 3.70. The van der Waals surface area contributed by atoms with Gasteiger partial charge in [0.2, 0.25) is 0 Å². The molecule has 23 heavy (non-hydrogen) atoms. The summed E-state index contributed by atoms with van der Waals surface area (Å²) in [5, 5.41) is 0. The number of rotatable bonds is 5. The van der Waals surface area contributed by atoms with E-state index in [1.165, 1.54) is 0 Å². The largest absolute Gasteiger partial charge is 0.345 e. The fourth-order valence-electron chi connectivity index (χ4n) is 2.50. The number of benzene rings is 1. The van der Waals surface area contributed by atoms with Gasteiger partial charge in [0.25, 0.3) is 0 Å². The summed E-state index contributed by atoms with van der Waals surface area (Å²) in [6, 6.07) is 8.24. The molecule has 0 aromatic heterocycles. The summed E-state index contributed by atoms with van der Waals surface area (Å²) in [7, 11) is 1.75. The molecular weight excluding hydrogens is 286 g/mol. The van der Waals surface area contributed by atoms with Gasteiger partial charge in [-0.3, -0.25) is 4.99 Å². The molecule has 3 heteroatoms. The number of allylic oxidation sites excluding steroid dienone is 4. The number of nitrogens with zero attached hydrogens (tertiary/aromatic N) is 1. The van der Waals surface area contributed by atoms with E-state index >= 15 is 0 Å². The molecule has 1 fully saturated rings. The lowest BCUT2D eigenvalue weighted by atomic mass is 10.1. The Hall–Kier alpha value is -1.97. The van der Waals surface area contributed by atoms with E-state index in [2.05, 4.69) is 55.8 Å². The molecule has 122 valence electrons. The Morgan fingerprint density at radius 2 is 1.83 bits per heavy atom. The maximum absolute atomic E-state index is 5.87. The zero-order valence-corrected chi connectivity index (χ0v) is 14.1. The lowest BCUT2D eigenvalue weighted by molar-refractivity contribution is -0.239. The quantitative estimate of drug-likeness (QED) is 0.581. The van der Waals surface area contributed by atoms with Crippen LogP contribution in [0.25, 0.3) is 6.08 Å². The molecule has 1 aliphatic rings. The normalized spacial score (nSPS) is 26.0. The molecule has 0 aliphatic carbocycles. The lowest BCUT2D eigenvalue weighted by Gasteiger charge is -2.32. The van der Waals surface area contributed by atoms with Crippen LogP contribution in [0.4, 0.5) is 0 Å². The van der Waals surface area contributed by atoms with Gasteiger partial charge in [0.05, 0.1) is 12.2 Å². The first-order chi connectivity index (χ1) is 11.1. The topological polar surface area (TPSA) is 30.8 Å². The zero-order valence-electron chi connectivity index (χ0n) is 14.1. The van der Waals surface area contributed by atoms with Gasteiger partial charge in [-0.15, -0.1) is 0 Å². The Labute approximate surface area is 139 Å². The van der Waals surface area contributed by atoms with E-state index in [4.69, 9.17) is 9.47 Å². The first-order valence-electron chi connectivity index (χ1n) is 7.96. The van der Waals surface area contributed by atoms with Gasteiger partial charge in [0, 0.05) is 18.8 Å². The van der Waals surface area contributed by atoms with Crippen molar-refractivity contribution in [2.75, 3.05) is 7.05 Å². The predicted octanol–water partition coefficient (Wildman–Crippen LogP) is 4.73. The molecule has 1 heterocycles. The maximum Gasteiger partial charge on any atom is 0.184 e. The molecule has 0 spiro atoms. The number of aliphatic imine (C=N–C) groups is 1. The molecule has 0 amide bonds. The number of ether oxygens (including phenoxy) is 2. The Kier molecular flexibility index (Phi) is 6.51. The van der Waals surface area contributed by atoms with E-state index in [-0.39, 0.29) is 18.5 Å². The van der Waals surface area contributed by atoms with Crippen molar-refractivity contribution >= 4 is 12.3 Å². The molecule has 1 saturated heterocycles. The molecule has 2 unspecified atom stereocenters. The summed E-state index contributed by atoms with van der Waals surface area (Å²) in [4.78, 5) is 3.94. The first kappa shape index (κ1) is 17.4. The first-order valence-corrected chi connectivity index (χ1v) is 7.96. The maximum atomic E-state index is 5.87. The molecule has 1 aromatic rings. The summed E-state index contributed by atoms with van der Waals surface area (Å²) in [5.41, 5.74) is 3.19. The monoisotopic (exact) mass is 311 g/mol. The average Bonchev–Trinajstić information content (AvgIpc) is 2.54. The summed E-state index contributed by atoms with van der Waals surface area (Å²) in [6.07, 6.45) is 10.7. The van der Waals surface area contributed by atoms with Crippen molar-refractivity contribution < 1.29 is 9.47 Å². The van der Waals surface area contributed by atoms with Crippen molar-refractivity contribution in [1.29, 1.82) is 0 Å². The van der Waals surface area contributed by atoms with Gasteiger partial charge >= 0.3 is 0 Å². The minimum Gasteiger partial charge on any atom is -0.345 e. The molecule has 1 aliphatic heterocycles. The van der Waals surface area contributed by atoms with Crippen LogP contribution < -0.4 is 0 Å². The smallest absolute Gasteiger partial charge is 0.184 e. The van der Waals surface area contributed by atoms with Crippen LogP contribution >= 0.6 is 0 Å². The van der Waals surface area contributed by atoms with Crippen LogP contribution in [0.5, 0.6) is 0 Å². The van der Waals surface area contributed by atoms with E-state index in [1.807, 2.05) is 12.2 Å². The second-order valence-corrected chi connectivity index (χ2v) is 5.74. The van der Waals surface area contributed by atoms with E-state index in [0.717, 1.165) is 23.1 Å². The Bertz CT molecular complexity index is 589. The highest BCUT2D eigenvalue weighted by Crippen LogP contribution is 2.29. The fourth-order valence-corrected chi connectivity index (χ4v) is 2.50. The van der Waals surface area contributed by atoms with Crippen LogP contribution in [0, 0.1) is 0 Å². The van der Waals surface area contributed by atoms with Crippen molar-refractivity contribution in [2.24, 2.45) is 4.99 Å². The molecule has 0 radical (unpaired) electrons. The molecule has 2 rings (SSSR count). The van der Waals surface area contributed by atoms with Gasteiger partial charge in [-0.2, -0.15) is 0 Å². The third-order valence-electron chi connectivity index (χ3n) is 3.70. The average molecular weight is 311 g/mol. The van der Waals surface area contributed by atoms with E-state index in [0.29, 0.717) is 0 Å². The van der Waals surface area contributed by atoms with E-state index in [1.54, 1.807) is 19.3 Å². The molecular formula is C20H25NO2. The SMILES string of the molecule is C=CC(/C=C/c1ccc(C2OC(C)CC(C)O2)cc1)=C\C=NC. The summed E-state index contributed by atoms with van der Waals surface area (Å²) in [6.45, 7) is 7.98. The number of hydrogen-bond donors (Lipinski definition) is 0. The highest BCUT2D eigenvalue weighted by Gasteiger charge is 2.25. The highest BCUT2D eigenvalue weighted by atomic mass is 16.7. The van der Waals surface area contributed by atoms with Crippen LogP contribution in [-0.2, 0) is 9.47 Å². The summed E-state index contributed by atoms with van der Waals surface area (Å²) < 4.78 is 11.7. The number of hydrogen-bond acceptors (Lipinski definition) is 3. The second-order valence-electron chi connectivity index (χ2n) is 5.74. The Morgan fingerprint density at radius 1 is 1.17 bits per heavy atom. The van der Waals surface area contributed by atoms with Gasteiger partial charge in [0.1, 0.15) is 0 Å². The summed E-state index contributed by atoms with van der Waals surface area (Å²) >= 11 is 0. The second kappa shape index (κ2) is 8.61. The van der Waals surface area contributed by atoms with Crippen molar-refractivity contribution in [2.45, 2.75) is 38.8 Å². The minimum atomic E-state index is -0.267. The minimum absolute atomic E-state index is 0.226. The van der Waals surface area contributed by atoms with Crippen LogP contribution in [0.15, 0.2) is 59.6 Å². The fraction of sp³-hybridized carbons (Fsp3) is 0.350. The van der Waals surface area contributed by atoms with Crippen LogP contribution in [-0.4, -0.2) is 25.5 Å². The van der Waals surface area contributed by atoms with E-state index < -0.39 is 0 Å². The van der Waals surface area contributed by atoms with Gasteiger partial charge < -0.3 is 9.47 Å². The lowest BCUT2D eigenvalue weighted by Crippen LogP contribution is -2.30. The predicted molar refractivity (Wildman–Crippen MR) is 96.6 cm³/mol. The summed E-state index contributed by atoms with van der Waals surface area (Å²) in [5.74, 6) is 0. The zero-order chi connectivity index (χ0) is 16.7. The molecule has 3 nitrogen and oxygen atoms in total.